The predicted molar refractivity (Wildman–Crippen MR) is 95.1 cm³/mol. The van der Waals surface area contributed by atoms with Gasteiger partial charge >= 0.3 is 5.69 Å². The zero-order valence-corrected chi connectivity index (χ0v) is 14.8. The number of aromatic nitrogens is 2. The molecule has 1 aromatic carbocycles. The molecule has 9 heteroatoms. The van der Waals surface area contributed by atoms with E-state index in [9.17, 15) is 14.9 Å². The minimum atomic E-state index is -0.577. The van der Waals surface area contributed by atoms with Crippen LogP contribution in [-0.4, -0.2) is 51.8 Å². The van der Waals surface area contributed by atoms with E-state index >= 15 is 0 Å². The fourth-order valence-electron chi connectivity index (χ4n) is 3.08. The average molecular weight is 359 g/mol. The van der Waals surface area contributed by atoms with Gasteiger partial charge in [-0.25, -0.2) is 0 Å². The second-order valence-corrected chi connectivity index (χ2v) is 6.21. The Labute approximate surface area is 150 Å². The minimum Gasteiger partial charge on any atom is -0.379 e. The molecule has 1 aromatic heterocycles. The van der Waals surface area contributed by atoms with Crippen molar-refractivity contribution in [2.24, 2.45) is 7.05 Å². The molecule has 9 nitrogen and oxygen atoms in total. The van der Waals surface area contributed by atoms with Crippen LogP contribution in [0.4, 0.5) is 11.4 Å². The first-order valence-electron chi connectivity index (χ1n) is 8.34. The molecule has 1 N–H and O–H groups in total. The Morgan fingerprint density at radius 3 is 2.81 bits per heavy atom. The van der Waals surface area contributed by atoms with Crippen LogP contribution < -0.4 is 5.32 Å². The van der Waals surface area contributed by atoms with E-state index < -0.39 is 10.8 Å². The van der Waals surface area contributed by atoms with Crippen LogP contribution in [0.2, 0.25) is 0 Å². The van der Waals surface area contributed by atoms with Crippen LogP contribution in [0.3, 0.4) is 0 Å². The molecule has 3 rings (SSSR count). The van der Waals surface area contributed by atoms with Gasteiger partial charge in [-0.3, -0.25) is 24.5 Å². The molecule has 0 atom stereocenters. The maximum absolute atomic E-state index is 12.6. The zero-order valence-electron chi connectivity index (χ0n) is 14.8. The molecule has 1 saturated heterocycles. The summed E-state index contributed by atoms with van der Waals surface area (Å²) < 4.78 is 6.58. The maximum atomic E-state index is 12.6. The Kier molecular flexibility index (Phi) is 5.29. The summed E-state index contributed by atoms with van der Waals surface area (Å²) in [4.78, 5) is 25.5. The van der Waals surface area contributed by atoms with Crippen LogP contribution in [0.25, 0.3) is 0 Å². The molecule has 2 aromatic rings. The number of ether oxygens (including phenoxy) is 1. The number of benzene rings is 1. The normalized spacial score (nSPS) is 15.0. The number of nitro groups is 1. The lowest BCUT2D eigenvalue weighted by Crippen LogP contribution is -2.35. The summed E-state index contributed by atoms with van der Waals surface area (Å²) in [6.45, 7) is 5.46. The monoisotopic (exact) mass is 359 g/mol. The largest absolute Gasteiger partial charge is 0.379 e. The number of nitrogens with zero attached hydrogens (tertiary/aromatic N) is 4. The van der Waals surface area contributed by atoms with Gasteiger partial charge in [0.15, 0.2) is 0 Å². The summed E-state index contributed by atoms with van der Waals surface area (Å²) in [5.41, 5.74) is 1.53. The Balaban J connectivity index is 1.76. The Hall–Kier alpha value is -2.78. The lowest BCUT2D eigenvalue weighted by molar-refractivity contribution is -0.385. The van der Waals surface area contributed by atoms with Crippen molar-refractivity contribution in [1.29, 1.82) is 0 Å². The number of aryl methyl sites for hydroxylation is 2. The molecule has 26 heavy (non-hydrogen) atoms. The van der Waals surface area contributed by atoms with Crippen molar-refractivity contribution in [2.75, 3.05) is 31.6 Å². The van der Waals surface area contributed by atoms with Crippen LogP contribution in [0.1, 0.15) is 21.7 Å². The van der Waals surface area contributed by atoms with Crippen LogP contribution in [-0.2, 0) is 18.3 Å². The van der Waals surface area contributed by atoms with Crippen LogP contribution >= 0.6 is 0 Å². The topological polar surface area (TPSA) is 103 Å². The van der Waals surface area contributed by atoms with E-state index in [4.69, 9.17) is 4.74 Å². The van der Waals surface area contributed by atoms with Gasteiger partial charge in [-0.15, -0.1) is 0 Å². The van der Waals surface area contributed by atoms with Gasteiger partial charge in [0.2, 0.25) is 5.69 Å². The van der Waals surface area contributed by atoms with Crippen molar-refractivity contribution >= 4 is 17.3 Å². The Morgan fingerprint density at radius 2 is 2.12 bits per heavy atom. The number of amides is 1. The first kappa shape index (κ1) is 18.0. The highest BCUT2D eigenvalue weighted by Gasteiger charge is 2.29. The number of hydrogen-bond acceptors (Lipinski definition) is 6. The smallest absolute Gasteiger partial charge is 0.322 e. The highest BCUT2D eigenvalue weighted by Crippen LogP contribution is 2.23. The van der Waals surface area contributed by atoms with Crippen LogP contribution in [0.15, 0.2) is 24.3 Å². The standard InChI is InChI=1S/C17H21N5O4/c1-12-15(22(24)25)16(20(2)19-12)17(23)18-14-5-3-4-13(10-14)11-21-6-8-26-9-7-21/h3-5,10H,6-9,11H2,1-2H3,(H,18,23). The van der Waals surface area contributed by atoms with E-state index in [-0.39, 0.29) is 17.1 Å². The summed E-state index contributed by atoms with van der Waals surface area (Å²) in [7, 11) is 1.52. The third kappa shape index (κ3) is 3.89. The molecule has 1 amide bonds. The van der Waals surface area contributed by atoms with E-state index in [0.29, 0.717) is 5.69 Å². The van der Waals surface area contributed by atoms with Gasteiger partial charge in [0, 0.05) is 32.4 Å². The predicted octanol–water partition coefficient (Wildman–Crippen LogP) is 1.72. The molecule has 0 spiro atoms. The third-order valence-electron chi connectivity index (χ3n) is 4.28. The summed E-state index contributed by atoms with van der Waals surface area (Å²) in [6, 6.07) is 7.48. The Bertz CT molecular complexity index is 827. The summed E-state index contributed by atoms with van der Waals surface area (Å²) in [6.07, 6.45) is 0. The van der Waals surface area contributed by atoms with Crippen LogP contribution in [0.5, 0.6) is 0 Å². The van der Waals surface area contributed by atoms with E-state index in [2.05, 4.69) is 15.3 Å². The quantitative estimate of drug-likeness (QED) is 0.644. The molecule has 0 bridgehead atoms. The molecule has 1 aliphatic rings. The number of morpholine rings is 1. The number of nitrogens with one attached hydrogen (secondary N) is 1. The van der Waals surface area contributed by atoms with Gasteiger partial charge in [-0.1, -0.05) is 12.1 Å². The minimum absolute atomic E-state index is 0.0638. The second kappa shape index (κ2) is 7.63. The third-order valence-corrected chi connectivity index (χ3v) is 4.28. The van der Waals surface area contributed by atoms with Crippen LogP contribution in [0, 0.1) is 17.0 Å². The second-order valence-electron chi connectivity index (χ2n) is 6.21. The number of carbonyl (C=O) groups excluding carboxylic acids is 1. The van der Waals surface area contributed by atoms with Crippen molar-refractivity contribution in [2.45, 2.75) is 13.5 Å². The summed E-state index contributed by atoms with van der Waals surface area (Å²) in [5, 5.41) is 18.0. The highest BCUT2D eigenvalue weighted by molar-refractivity contribution is 6.06. The van der Waals surface area contributed by atoms with Crippen molar-refractivity contribution in [3.05, 3.63) is 51.3 Å². The van der Waals surface area contributed by atoms with Crippen molar-refractivity contribution in [3.8, 4) is 0 Å². The number of carbonyl (C=O) groups is 1. The lowest BCUT2D eigenvalue weighted by Gasteiger charge is -2.26. The van der Waals surface area contributed by atoms with Gasteiger partial charge < -0.3 is 10.1 Å². The SMILES string of the molecule is Cc1nn(C)c(C(=O)Nc2cccc(CN3CCOCC3)c2)c1[N+](=O)[O-]. The van der Waals surface area contributed by atoms with E-state index in [0.717, 1.165) is 38.4 Å². The molecule has 2 heterocycles. The molecular formula is C17H21N5O4. The van der Waals surface area contributed by atoms with Crippen molar-refractivity contribution < 1.29 is 14.5 Å². The van der Waals surface area contributed by atoms with Gasteiger partial charge in [-0.05, 0) is 24.6 Å². The number of hydrogen-bond donors (Lipinski definition) is 1. The van der Waals surface area contributed by atoms with Gasteiger partial charge in [0.25, 0.3) is 5.91 Å². The zero-order chi connectivity index (χ0) is 18.7. The molecular weight excluding hydrogens is 338 g/mol. The summed E-state index contributed by atoms with van der Waals surface area (Å²) in [5.74, 6) is -0.552. The number of rotatable bonds is 5. The molecule has 1 fully saturated rings. The van der Waals surface area contributed by atoms with Crippen molar-refractivity contribution in [3.63, 3.8) is 0 Å². The first-order chi connectivity index (χ1) is 12.5. The molecule has 1 aliphatic heterocycles. The molecule has 0 radical (unpaired) electrons. The lowest BCUT2D eigenvalue weighted by atomic mass is 10.1. The van der Waals surface area contributed by atoms with Crippen molar-refractivity contribution in [1.82, 2.24) is 14.7 Å². The Morgan fingerprint density at radius 1 is 1.38 bits per heavy atom. The highest BCUT2D eigenvalue weighted by atomic mass is 16.6. The molecule has 138 valence electrons. The van der Waals surface area contributed by atoms with E-state index in [1.807, 2.05) is 18.2 Å². The van der Waals surface area contributed by atoms with E-state index in [1.54, 1.807) is 6.07 Å². The maximum Gasteiger partial charge on any atom is 0.322 e. The average Bonchev–Trinajstić information content (AvgIpc) is 2.90. The first-order valence-corrected chi connectivity index (χ1v) is 8.34. The fraction of sp³-hybridized carbons (Fsp3) is 0.412. The molecule has 0 aliphatic carbocycles. The van der Waals surface area contributed by atoms with Gasteiger partial charge in [-0.2, -0.15) is 5.10 Å². The molecule has 0 saturated carbocycles. The van der Waals surface area contributed by atoms with Gasteiger partial charge in [0.05, 0.1) is 18.1 Å². The van der Waals surface area contributed by atoms with E-state index in [1.165, 1.54) is 18.7 Å². The number of anilines is 1. The molecule has 0 unspecified atom stereocenters. The fourth-order valence-corrected chi connectivity index (χ4v) is 3.08. The summed E-state index contributed by atoms with van der Waals surface area (Å²) >= 11 is 0. The van der Waals surface area contributed by atoms with Gasteiger partial charge in [0.1, 0.15) is 5.69 Å².